The number of benzene rings is 2. The van der Waals surface area contributed by atoms with Gasteiger partial charge >= 0.3 is 0 Å². The van der Waals surface area contributed by atoms with E-state index in [0.717, 1.165) is 36.0 Å². The van der Waals surface area contributed by atoms with Crippen molar-refractivity contribution in [3.8, 4) is 0 Å². The number of carbonyl (C=O) groups is 1. The molecule has 0 radical (unpaired) electrons. The van der Waals surface area contributed by atoms with E-state index in [4.69, 9.17) is 0 Å². The van der Waals surface area contributed by atoms with Gasteiger partial charge in [-0.2, -0.15) is 5.10 Å². The molecule has 2 N–H and O–H groups in total. The lowest BCUT2D eigenvalue weighted by atomic mass is 9.90. The van der Waals surface area contributed by atoms with Gasteiger partial charge in [0.25, 0.3) is 0 Å². The molecule has 1 aliphatic heterocycles. The van der Waals surface area contributed by atoms with Crippen molar-refractivity contribution in [2.75, 3.05) is 18.4 Å². The smallest absolute Gasteiger partial charge is 0.229 e. The standard InChI is InChI=1S/C21H22N4O/c1-25-12-15(9-23-25)17-10-22-11-18(17)21(26)24-19-8-7-14-6-5-13-3-2-4-16(19)20(13)14/h2-4,7-9,12,17-18,22H,5-6,10-11H2,1H3,(H,24,26)/t17-,18+/m1/s1. The van der Waals surface area contributed by atoms with Gasteiger partial charge in [-0.25, -0.2) is 0 Å². The van der Waals surface area contributed by atoms with Crippen LogP contribution in [0.15, 0.2) is 42.7 Å². The normalized spacial score (nSPS) is 21.4. The van der Waals surface area contributed by atoms with Gasteiger partial charge in [-0.3, -0.25) is 9.48 Å². The summed E-state index contributed by atoms with van der Waals surface area (Å²) in [5.74, 6) is 0.172. The molecular weight excluding hydrogens is 324 g/mol. The van der Waals surface area contributed by atoms with Gasteiger partial charge < -0.3 is 10.6 Å². The minimum Gasteiger partial charge on any atom is -0.325 e. The van der Waals surface area contributed by atoms with E-state index < -0.39 is 0 Å². The third-order valence-electron chi connectivity index (χ3n) is 5.84. The Labute approximate surface area is 152 Å². The molecule has 132 valence electrons. The highest BCUT2D eigenvalue weighted by atomic mass is 16.2. The molecule has 2 aromatic carbocycles. The van der Waals surface area contributed by atoms with Crippen molar-refractivity contribution in [2.45, 2.75) is 18.8 Å². The average molecular weight is 346 g/mol. The Morgan fingerprint density at radius 3 is 2.85 bits per heavy atom. The summed E-state index contributed by atoms with van der Waals surface area (Å²) in [6.07, 6.45) is 6.08. The Bertz CT molecular complexity index is 996. The van der Waals surface area contributed by atoms with Crippen LogP contribution in [0.5, 0.6) is 0 Å². The zero-order chi connectivity index (χ0) is 17.7. The van der Waals surface area contributed by atoms with Crippen molar-refractivity contribution in [3.05, 3.63) is 59.4 Å². The Kier molecular flexibility index (Phi) is 3.57. The highest BCUT2D eigenvalue weighted by molar-refractivity contribution is 6.05. The van der Waals surface area contributed by atoms with Gasteiger partial charge in [0.15, 0.2) is 0 Å². The lowest BCUT2D eigenvalue weighted by molar-refractivity contribution is -0.119. The van der Waals surface area contributed by atoms with Gasteiger partial charge in [-0.15, -0.1) is 0 Å². The second kappa shape index (κ2) is 5.95. The number of nitrogens with one attached hydrogen (secondary N) is 2. The zero-order valence-corrected chi connectivity index (χ0v) is 14.8. The minimum atomic E-state index is -0.0813. The Balaban J connectivity index is 1.45. The molecule has 1 amide bonds. The molecule has 0 spiro atoms. The maximum atomic E-state index is 13.1. The van der Waals surface area contributed by atoms with Crippen molar-refractivity contribution in [1.82, 2.24) is 15.1 Å². The van der Waals surface area contributed by atoms with Crippen molar-refractivity contribution < 1.29 is 4.79 Å². The lowest BCUT2D eigenvalue weighted by Crippen LogP contribution is -2.28. The molecule has 2 aliphatic rings. The van der Waals surface area contributed by atoms with Gasteiger partial charge in [0, 0.05) is 43.3 Å². The molecule has 1 saturated heterocycles. The summed E-state index contributed by atoms with van der Waals surface area (Å²) in [7, 11) is 1.91. The fraction of sp³-hybridized carbons (Fsp3) is 0.333. The van der Waals surface area contributed by atoms with E-state index in [1.54, 1.807) is 4.68 Å². The second-order valence-corrected chi connectivity index (χ2v) is 7.42. The van der Waals surface area contributed by atoms with Crippen molar-refractivity contribution in [3.63, 3.8) is 0 Å². The molecule has 3 aromatic rings. The number of aryl methyl sites for hydroxylation is 3. The highest BCUT2D eigenvalue weighted by Gasteiger charge is 2.35. The van der Waals surface area contributed by atoms with E-state index in [9.17, 15) is 4.79 Å². The SMILES string of the molecule is Cn1cc([C@H]2CNC[C@@H]2C(=O)Nc2ccc3c4c(cccc24)CC3)cn1. The van der Waals surface area contributed by atoms with Crippen LogP contribution >= 0.6 is 0 Å². The van der Waals surface area contributed by atoms with E-state index in [1.807, 2.05) is 19.4 Å². The van der Waals surface area contributed by atoms with Gasteiger partial charge in [0.2, 0.25) is 5.91 Å². The maximum absolute atomic E-state index is 13.1. The first kappa shape index (κ1) is 15.6. The summed E-state index contributed by atoms with van der Waals surface area (Å²) >= 11 is 0. The largest absolute Gasteiger partial charge is 0.325 e. The third kappa shape index (κ3) is 2.42. The molecule has 5 heteroatoms. The monoisotopic (exact) mass is 346 g/mol. The molecule has 0 saturated carbocycles. The molecule has 2 atom stereocenters. The van der Waals surface area contributed by atoms with Crippen LogP contribution in [0.25, 0.3) is 10.8 Å². The van der Waals surface area contributed by atoms with Crippen molar-refractivity contribution in [1.29, 1.82) is 0 Å². The zero-order valence-electron chi connectivity index (χ0n) is 14.8. The Hall–Kier alpha value is -2.66. The van der Waals surface area contributed by atoms with Gasteiger partial charge in [-0.1, -0.05) is 24.3 Å². The molecule has 5 rings (SSSR count). The topological polar surface area (TPSA) is 59.0 Å². The Morgan fingerprint density at radius 2 is 2.04 bits per heavy atom. The number of anilines is 1. The van der Waals surface area contributed by atoms with E-state index in [2.05, 4.69) is 46.1 Å². The average Bonchev–Trinajstić information content (AvgIpc) is 3.37. The van der Waals surface area contributed by atoms with E-state index in [0.29, 0.717) is 6.54 Å². The van der Waals surface area contributed by atoms with Crippen LogP contribution in [0.1, 0.15) is 22.6 Å². The van der Waals surface area contributed by atoms with Crippen molar-refractivity contribution >= 4 is 22.4 Å². The fourth-order valence-electron chi connectivity index (χ4n) is 4.52. The number of nitrogens with zero attached hydrogens (tertiary/aromatic N) is 2. The quantitative estimate of drug-likeness (QED) is 0.766. The Morgan fingerprint density at radius 1 is 1.19 bits per heavy atom. The van der Waals surface area contributed by atoms with Crippen LogP contribution < -0.4 is 10.6 Å². The van der Waals surface area contributed by atoms with Gasteiger partial charge in [0.1, 0.15) is 0 Å². The number of carbonyl (C=O) groups excluding carboxylic acids is 1. The van der Waals surface area contributed by atoms with Gasteiger partial charge in [0.05, 0.1) is 12.1 Å². The van der Waals surface area contributed by atoms with Crippen LogP contribution in [0, 0.1) is 5.92 Å². The van der Waals surface area contributed by atoms with Crippen LogP contribution in [-0.2, 0) is 24.7 Å². The second-order valence-electron chi connectivity index (χ2n) is 7.42. The molecule has 0 bridgehead atoms. The van der Waals surface area contributed by atoms with Gasteiger partial charge in [-0.05, 0) is 41.0 Å². The molecule has 0 unspecified atom stereocenters. The summed E-state index contributed by atoms with van der Waals surface area (Å²) in [6, 6.07) is 10.6. The predicted octanol–water partition coefficient (Wildman–Crippen LogP) is 2.61. The number of amides is 1. The first-order chi connectivity index (χ1) is 12.7. The predicted molar refractivity (Wildman–Crippen MR) is 102 cm³/mol. The molecular formula is C21H22N4O. The van der Waals surface area contributed by atoms with E-state index >= 15 is 0 Å². The lowest BCUT2D eigenvalue weighted by Gasteiger charge is -2.18. The molecule has 1 fully saturated rings. The van der Waals surface area contributed by atoms with E-state index in [1.165, 1.54) is 16.5 Å². The minimum absolute atomic E-state index is 0.0813. The first-order valence-corrected chi connectivity index (χ1v) is 9.24. The van der Waals surface area contributed by atoms with E-state index in [-0.39, 0.29) is 17.7 Å². The van der Waals surface area contributed by atoms with Crippen LogP contribution in [0.2, 0.25) is 0 Å². The molecule has 1 aliphatic carbocycles. The highest BCUT2D eigenvalue weighted by Crippen LogP contribution is 2.36. The molecule has 5 nitrogen and oxygen atoms in total. The number of hydrogen-bond donors (Lipinski definition) is 2. The number of hydrogen-bond acceptors (Lipinski definition) is 3. The number of aromatic nitrogens is 2. The molecule has 26 heavy (non-hydrogen) atoms. The fourth-order valence-corrected chi connectivity index (χ4v) is 4.52. The summed E-state index contributed by atoms with van der Waals surface area (Å²) < 4.78 is 1.80. The summed E-state index contributed by atoms with van der Waals surface area (Å²) in [5, 5.41) is 13.3. The van der Waals surface area contributed by atoms with Crippen molar-refractivity contribution in [2.24, 2.45) is 13.0 Å². The molecule has 2 heterocycles. The van der Waals surface area contributed by atoms with Crippen LogP contribution in [0.4, 0.5) is 5.69 Å². The summed E-state index contributed by atoms with van der Waals surface area (Å²) in [4.78, 5) is 13.1. The maximum Gasteiger partial charge on any atom is 0.229 e. The third-order valence-corrected chi connectivity index (χ3v) is 5.84. The molecule has 1 aromatic heterocycles. The summed E-state index contributed by atoms with van der Waals surface area (Å²) in [6.45, 7) is 1.51. The number of rotatable bonds is 3. The van der Waals surface area contributed by atoms with Crippen LogP contribution in [-0.4, -0.2) is 28.8 Å². The summed E-state index contributed by atoms with van der Waals surface area (Å²) in [5.41, 5.74) is 4.83. The van der Waals surface area contributed by atoms with Crippen LogP contribution in [0.3, 0.4) is 0 Å². The first-order valence-electron chi connectivity index (χ1n) is 9.24.